The number of morpholine rings is 1. The minimum atomic E-state index is 0.205. The van der Waals surface area contributed by atoms with E-state index in [1.807, 2.05) is 11.3 Å². The molecule has 1 atom stereocenters. The lowest BCUT2D eigenvalue weighted by molar-refractivity contribution is 0.0272. The Morgan fingerprint density at radius 2 is 2.00 bits per heavy atom. The summed E-state index contributed by atoms with van der Waals surface area (Å²) in [6.07, 6.45) is 6.15. The van der Waals surface area contributed by atoms with Gasteiger partial charge in [-0.1, -0.05) is 50.3 Å². The van der Waals surface area contributed by atoms with E-state index in [1.165, 1.54) is 41.3 Å². The summed E-state index contributed by atoms with van der Waals surface area (Å²) in [6.45, 7) is 5.83. The van der Waals surface area contributed by atoms with Crippen molar-refractivity contribution in [3.63, 3.8) is 0 Å². The Bertz CT molecular complexity index is 690. The van der Waals surface area contributed by atoms with Crippen molar-refractivity contribution in [3.8, 4) is 11.8 Å². The Morgan fingerprint density at radius 3 is 2.83 bits per heavy atom. The molecule has 0 bridgehead atoms. The van der Waals surface area contributed by atoms with E-state index in [-0.39, 0.29) is 6.04 Å². The van der Waals surface area contributed by atoms with Gasteiger partial charge in [-0.05, 0) is 28.8 Å². The highest BCUT2D eigenvalue weighted by Gasteiger charge is 2.23. The molecule has 0 N–H and O–H groups in total. The highest BCUT2D eigenvalue weighted by molar-refractivity contribution is 7.17. The van der Waals surface area contributed by atoms with E-state index >= 15 is 0 Å². The first kappa shape index (κ1) is 17.5. The molecule has 0 aliphatic carbocycles. The van der Waals surface area contributed by atoms with Crippen molar-refractivity contribution in [2.24, 2.45) is 0 Å². The smallest absolute Gasteiger partial charge is 0.0986 e. The molecule has 2 heterocycles. The molecule has 0 amide bonds. The Morgan fingerprint density at radius 1 is 1.17 bits per heavy atom. The second-order valence-electron chi connectivity index (χ2n) is 6.37. The molecule has 2 nitrogen and oxygen atoms in total. The maximum atomic E-state index is 5.54. The fourth-order valence-electron chi connectivity index (χ4n) is 3.22. The number of fused-ring (bicyclic) bond motifs is 1. The quantitative estimate of drug-likeness (QED) is 0.526. The number of thiophene rings is 1. The first-order valence-electron chi connectivity index (χ1n) is 9.16. The molecule has 1 fully saturated rings. The van der Waals surface area contributed by atoms with Crippen LogP contribution in [0.2, 0.25) is 0 Å². The van der Waals surface area contributed by atoms with Crippen LogP contribution in [0.3, 0.4) is 0 Å². The summed E-state index contributed by atoms with van der Waals surface area (Å²) in [5.41, 5.74) is 1.37. The van der Waals surface area contributed by atoms with E-state index in [0.29, 0.717) is 0 Å². The summed E-state index contributed by atoms with van der Waals surface area (Å²) in [4.78, 5) is 2.48. The zero-order valence-corrected chi connectivity index (χ0v) is 15.4. The summed E-state index contributed by atoms with van der Waals surface area (Å²) < 4.78 is 6.89. The SMILES string of the molecule is CCCCCCC#CC(c1csc2ccccc12)N1CCOCC1. The van der Waals surface area contributed by atoms with Gasteiger partial charge < -0.3 is 4.74 Å². The summed E-state index contributed by atoms with van der Waals surface area (Å²) in [7, 11) is 0. The number of nitrogens with zero attached hydrogens (tertiary/aromatic N) is 1. The van der Waals surface area contributed by atoms with Gasteiger partial charge in [0.1, 0.15) is 0 Å². The Labute approximate surface area is 149 Å². The van der Waals surface area contributed by atoms with E-state index in [0.717, 1.165) is 32.7 Å². The van der Waals surface area contributed by atoms with E-state index in [2.05, 4.69) is 53.3 Å². The lowest BCUT2D eigenvalue weighted by Crippen LogP contribution is -2.38. The average molecular weight is 342 g/mol. The maximum Gasteiger partial charge on any atom is 0.0986 e. The van der Waals surface area contributed by atoms with Crippen molar-refractivity contribution in [1.29, 1.82) is 0 Å². The molecule has 24 heavy (non-hydrogen) atoms. The molecule has 1 aliphatic heterocycles. The van der Waals surface area contributed by atoms with Crippen LogP contribution in [0.4, 0.5) is 0 Å². The maximum absolute atomic E-state index is 5.54. The highest BCUT2D eigenvalue weighted by atomic mass is 32.1. The van der Waals surface area contributed by atoms with Gasteiger partial charge in [-0.25, -0.2) is 0 Å². The molecule has 0 radical (unpaired) electrons. The molecule has 0 saturated carbocycles. The molecular formula is C21H27NOS. The molecular weight excluding hydrogens is 314 g/mol. The van der Waals surface area contributed by atoms with Crippen LogP contribution in [0.15, 0.2) is 29.6 Å². The van der Waals surface area contributed by atoms with Crippen LogP contribution in [-0.2, 0) is 4.74 Å². The second-order valence-corrected chi connectivity index (χ2v) is 7.28. The van der Waals surface area contributed by atoms with Gasteiger partial charge >= 0.3 is 0 Å². The van der Waals surface area contributed by atoms with Crippen molar-refractivity contribution in [2.45, 2.75) is 45.1 Å². The molecule has 128 valence electrons. The Hall–Kier alpha value is -1.34. The minimum Gasteiger partial charge on any atom is -0.379 e. The standard InChI is InChI=1S/C21H27NOS/c1-2-3-4-5-6-7-11-20(22-13-15-23-16-14-22)19-17-24-21-12-9-8-10-18(19)21/h8-10,12,17,20H,2-6,13-16H2,1H3. The van der Waals surface area contributed by atoms with Gasteiger partial charge in [-0.3, -0.25) is 4.90 Å². The van der Waals surface area contributed by atoms with Crippen molar-refractivity contribution in [1.82, 2.24) is 4.90 Å². The normalized spacial score (nSPS) is 16.7. The second kappa shape index (κ2) is 9.22. The molecule has 1 aromatic heterocycles. The molecule has 3 heteroatoms. The predicted molar refractivity (Wildman–Crippen MR) is 103 cm³/mol. The third-order valence-corrected chi connectivity index (χ3v) is 5.59. The third-order valence-electron chi connectivity index (χ3n) is 4.61. The van der Waals surface area contributed by atoms with Crippen molar-refractivity contribution in [2.75, 3.05) is 26.3 Å². The van der Waals surface area contributed by atoms with Crippen LogP contribution in [0.1, 0.15) is 50.6 Å². The lowest BCUT2D eigenvalue weighted by atomic mass is 10.0. The first-order valence-corrected chi connectivity index (χ1v) is 10.0. The molecule has 1 unspecified atom stereocenters. The largest absolute Gasteiger partial charge is 0.379 e. The minimum absolute atomic E-state index is 0.205. The van der Waals surface area contributed by atoms with Gasteiger partial charge in [0.15, 0.2) is 0 Å². The lowest BCUT2D eigenvalue weighted by Gasteiger charge is -2.31. The zero-order chi connectivity index (χ0) is 16.6. The summed E-state index contributed by atoms with van der Waals surface area (Å²) in [5, 5.41) is 3.66. The molecule has 1 aliphatic rings. The Balaban J connectivity index is 1.78. The van der Waals surface area contributed by atoms with Crippen LogP contribution in [-0.4, -0.2) is 31.2 Å². The zero-order valence-electron chi connectivity index (χ0n) is 14.6. The summed E-state index contributed by atoms with van der Waals surface area (Å²) in [5.74, 6) is 7.05. The van der Waals surface area contributed by atoms with Gasteiger partial charge in [-0.2, -0.15) is 0 Å². The van der Waals surface area contributed by atoms with E-state index in [9.17, 15) is 0 Å². The Kier molecular flexibility index (Phi) is 6.72. The van der Waals surface area contributed by atoms with Gasteiger partial charge in [0, 0.05) is 24.2 Å². The predicted octanol–water partition coefficient (Wildman–Crippen LogP) is 5.25. The number of hydrogen-bond acceptors (Lipinski definition) is 3. The van der Waals surface area contributed by atoms with Crippen LogP contribution in [0.5, 0.6) is 0 Å². The van der Waals surface area contributed by atoms with Gasteiger partial charge in [0.2, 0.25) is 0 Å². The van der Waals surface area contributed by atoms with Gasteiger partial charge in [0.25, 0.3) is 0 Å². The molecule has 2 aromatic rings. The summed E-state index contributed by atoms with van der Waals surface area (Å²) in [6, 6.07) is 8.89. The van der Waals surface area contributed by atoms with Crippen molar-refractivity contribution < 1.29 is 4.74 Å². The topological polar surface area (TPSA) is 12.5 Å². The fraction of sp³-hybridized carbons (Fsp3) is 0.524. The van der Waals surface area contributed by atoms with E-state index < -0.39 is 0 Å². The summed E-state index contributed by atoms with van der Waals surface area (Å²) >= 11 is 1.83. The number of ether oxygens (including phenoxy) is 1. The van der Waals surface area contributed by atoms with Crippen LogP contribution in [0.25, 0.3) is 10.1 Å². The molecule has 0 spiro atoms. The monoisotopic (exact) mass is 341 g/mol. The van der Waals surface area contributed by atoms with Gasteiger partial charge in [-0.15, -0.1) is 17.3 Å². The third kappa shape index (κ3) is 4.39. The van der Waals surface area contributed by atoms with Crippen LogP contribution >= 0.6 is 11.3 Å². The van der Waals surface area contributed by atoms with Gasteiger partial charge in [0.05, 0.1) is 19.3 Å². The van der Waals surface area contributed by atoms with Crippen molar-refractivity contribution in [3.05, 3.63) is 35.2 Å². The number of benzene rings is 1. The van der Waals surface area contributed by atoms with E-state index in [4.69, 9.17) is 4.74 Å². The average Bonchev–Trinajstić information content (AvgIpc) is 3.06. The highest BCUT2D eigenvalue weighted by Crippen LogP contribution is 2.33. The molecule has 1 aromatic carbocycles. The van der Waals surface area contributed by atoms with Crippen molar-refractivity contribution >= 4 is 21.4 Å². The number of hydrogen-bond donors (Lipinski definition) is 0. The van der Waals surface area contributed by atoms with E-state index in [1.54, 1.807) is 0 Å². The number of rotatable bonds is 6. The fourth-order valence-corrected chi connectivity index (χ4v) is 4.20. The number of unbranched alkanes of at least 4 members (excludes halogenated alkanes) is 4. The first-order chi connectivity index (χ1) is 11.9. The molecule has 3 rings (SSSR count). The van der Waals surface area contributed by atoms with Crippen LogP contribution in [0, 0.1) is 11.8 Å². The molecule has 1 saturated heterocycles. The van der Waals surface area contributed by atoms with Crippen LogP contribution < -0.4 is 0 Å².